The van der Waals surface area contributed by atoms with Gasteiger partial charge < -0.3 is 10.3 Å². The van der Waals surface area contributed by atoms with Crippen molar-refractivity contribution in [1.82, 2.24) is 9.97 Å². The lowest BCUT2D eigenvalue weighted by Gasteiger charge is -2.07. The van der Waals surface area contributed by atoms with E-state index in [4.69, 9.17) is 0 Å². The summed E-state index contributed by atoms with van der Waals surface area (Å²) in [7, 11) is 0. The molecule has 0 saturated heterocycles. The van der Waals surface area contributed by atoms with E-state index in [1.807, 2.05) is 0 Å². The summed E-state index contributed by atoms with van der Waals surface area (Å²) in [5, 5.41) is 24.7. The van der Waals surface area contributed by atoms with Gasteiger partial charge in [0.05, 0.1) is 32.3 Å². The van der Waals surface area contributed by atoms with Crippen LogP contribution in [0.5, 0.6) is 0 Å². The number of amides is 1. The van der Waals surface area contributed by atoms with E-state index in [0.717, 1.165) is 11.8 Å². The summed E-state index contributed by atoms with van der Waals surface area (Å²) in [5.74, 6) is -0.334. The van der Waals surface area contributed by atoms with Crippen LogP contribution in [0.4, 0.5) is 17.1 Å². The van der Waals surface area contributed by atoms with Crippen LogP contribution in [0.25, 0.3) is 11.0 Å². The van der Waals surface area contributed by atoms with E-state index in [0.29, 0.717) is 27.4 Å². The number of benzene rings is 2. The van der Waals surface area contributed by atoms with Crippen LogP contribution in [0.1, 0.15) is 5.56 Å². The van der Waals surface area contributed by atoms with Gasteiger partial charge in [-0.2, -0.15) is 0 Å². The van der Waals surface area contributed by atoms with Crippen molar-refractivity contribution in [2.75, 3.05) is 11.1 Å². The highest BCUT2D eigenvalue weighted by atomic mass is 32.2. The number of nitro groups is 2. The number of aromatic nitrogens is 2. The monoisotopic (exact) mass is 387 g/mol. The van der Waals surface area contributed by atoms with Crippen molar-refractivity contribution >= 4 is 45.8 Å². The zero-order valence-corrected chi connectivity index (χ0v) is 14.8. The number of nitrogens with one attached hydrogen (secondary N) is 2. The van der Waals surface area contributed by atoms with E-state index in [9.17, 15) is 25.0 Å². The third-order valence-electron chi connectivity index (χ3n) is 3.70. The van der Waals surface area contributed by atoms with Gasteiger partial charge in [0.2, 0.25) is 5.91 Å². The molecule has 1 aromatic heterocycles. The summed E-state index contributed by atoms with van der Waals surface area (Å²) in [6, 6.07) is 8.49. The number of hydrogen-bond acceptors (Lipinski definition) is 7. The molecule has 3 aromatic rings. The normalized spacial score (nSPS) is 10.7. The second-order valence-corrected chi connectivity index (χ2v) is 6.56. The molecule has 10 nitrogen and oxygen atoms in total. The molecule has 11 heteroatoms. The molecule has 1 heterocycles. The molecule has 3 rings (SSSR count). The Hall–Kier alpha value is -3.47. The number of aryl methyl sites for hydroxylation is 1. The zero-order chi connectivity index (χ0) is 19.6. The number of nitro benzene ring substituents is 2. The largest absolute Gasteiger partial charge is 0.333 e. The average Bonchev–Trinajstić information content (AvgIpc) is 3.03. The first-order chi connectivity index (χ1) is 12.8. The number of anilines is 1. The summed E-state index contributed by atoms with van der Waals surface area (Å²) in [5.41, 5.74) is 1.97. The highest BCUT2D eigenvalue weighted by Gasteiger charge is 2.13. The first-order valence-corrected chi connectivity index (χ1v) is 8.64. The van der Waals surface area contributed by atoms with Crippen LogP contribution in [0.2, 0.25) is 0 Å². The third kappa shape index (κ3) is 4.20. The standard InChI is InChI=1S/C16H13N5O5S/c1-9-2-3-10(20(23)24)6-13(9)17-15(22)8-27-16-18-12-5-4-11(21(25)26)7-14(12)19-16/h2-7H,8H2,1H3,(H,17,22)(H,18,19). The Morgan fingerprint density at radius 3 is 2.52 bits per heavy atom. The van der Waals surface area contributed by atoms with Crippen molar-refractivity contribution in [3.63, 3.8) is 0 Å². The molecule has 0 fully saturated rings. The van der Waals surface area contributed by atoms with E-state index in [-0.39, 0.29) is 23.0 Å². The summed E-state index contributed by atoms with van der Waals surface area (Å²) >= 11 is 1.12. The minimum atomic E-state index is -0.530. The van der Waals surface area contributed by atoms with Gasteiger partial charge in [0, 0.05) is 24.3 Å². The Bertz CT molecular complexity index is 1060. The number of rotatable bonds is 6. The van der Waals surface area contributed by atoms with Gasteiger partial charge in [-0.3, -0.25) is 25.0 Å². The maximum Gasteiger partial charge on any atom is 0.271 e. The van der Waals surface area contributed by atoms with E-state index in [1.54, 1.807) is 13.0 Å². The number of thioether (sulfide) groups is 1. The fourth-order valence-corrected chi connectivity index (χ4v) is 3.02. The van der Waals surface area contributed by atoms with E-state index in [2.05, 4.69) is 15.3 Å². The Labute approximate surface area is 156 Å². The minimum absolute atomic E-state index is 0.0179. The second kappa shape index (κ2) is 7.41. The van der Waals surface area contributed by atoms with Crippen molar-refractivity contribution in [3.05, 3.63) is 62.2 Å². The predicted molar refractivity (Wildman–Crippen MR) is 99.9 cm³/mol. The molecule has 0 spiro atoms. The Morgan fingerprint density at radius 2 is 1.81 bits per heavy atom. The van der Waals surface area contributed by atoms with Gasteiger partial charge in [-0.15, -0.1) is 0 Å². The van der Waals surface area contributed by atoms with Gasteiger partial charge >= 0.3 is 0 Å². The molecule has 2 N–H and O–H groups in total. The summed E-state index contributed by atoms with van der Waals surface area (Å²) in [6.07, 6.45) is 0. The highest BCUT2D eigenvalue weighted by molar-refractivity contribution is 7.99. The molecule has 1 amide bonds. The number of non-ortho nitro benzene ring substituents is 2. The molecule has 27 heavy (non-hydrogen) atoms. The van der Waals surface area contributed by atoms with Gasteiger partial charge in [0.1, 0.15) is 0 Å². The molecule has 0 unspecified atom stereocenters. The third-order valence-corrected chi connectivity index (χ3v) is 4.57. The summed E-state index contributed by atoms with van der Waals surface area (Å²) < 4.78 is 0. The first-order valence-electron chi connectivity index (χ1n) is 7.65. The Kier molecular flexibility index (Phi) is 5.03. The molecular formula is C16H13N5O5S. The number of fused-ring (bicyclic) bond motifs is 1. The molecule has 0 aliphatic carbocycles. The lowest BCUT2D eigenvalue weighted by Crippen LogP contribution is -2.15. The average molecular weight is 387 g/mol. The van der Waals surface area contributed by atoms with Crippen molar-refractivity contribution < 1.29 is 14.6 Å². The van der Waals surface area contributed by atoms with E-state index >= 15 is 0 Å². The molecule has 0 saturated carbocycles. The number of imidazole rings is 1. The minimum Gasteiger partial charge on any atom is -0.333 e. The lowest BCUT2D eigenvalue weighted by atomic mass is 10.2. The maximum absolute atomic E-state index is 12.1. The Morgan fingerprint density at radius 1 is 1.15 bits per heavy atom. The fraction of sp³-hybridized carbons (Fsp3) is 0.125. The van der Waals surface area contributed by atoms with Crippen LogP contribution < -0.4 is 5.32 Å². The van der Waals surface area contributed by atoms with Crippen molar-refractivity contribution in [3.8, 4) is 0 Å². The number of nitrogens with zero attached hydrogens (tertiary/aromatic N) is 3. The zero-order valence-electron chi connectivity index (χ0n) is 14.0. The summed E-state index contributed by atoms with van der Waals surface area (Å²) in [6.45, 7) is 1.73. The molecule has 0 aliphatic heterocycles. The number of H-pyrrole nitrogens is 1. The van der Waals surface area contributed by atoms with E-state index in [1.165, 1.54) is 30.3 Å². The molecule has 0 aliphatic rings. The van der Waals surface area contributed by atoms with Crippen molar-refractivity contribution in [2.24, 2.45) is 0 Å². The maximum atomic E-state index is 12.1. The fourth-order valence-electron chi connectivity index (χ4n) is 2.33. The van der Waals surface area contributed by atoms with Crippen molar-refractivity contribution in [1.29, 1.82) is 0 Å². The smallest absolute Gasteiger partial charge is 0.271 e. The molecule has 0 bridgehead atoms. The number of aromatic amines is 1. The lowest BCUT2D eigenvalue weighted by molar-refractivity contribution is -0.384. The SMILES string of the molecule is Cc1ccc([N+](=O)[O-])cc1NC(=O)CSc1nc2ccc([N+](=O)[O-])cc2[nH]1. The van der Waals surface area contributed by atoms with Crippen LogP contribution in [0, 0.1) is 27.2 Å². The van der Waals surface area contributed by atoms with Crippen LogP contribution in [-0.2, 0) is 4.79 Å². The number of carbonyl (C=O) groups excluding carboxylic acids is 1. The highest BCUT2D eigenvalue weighted by Crippen LogP contribution is 2.25. The summed E-state index contributed by atoms with van der Waals surface area (Å²) in [4.78, 5) is 40.0. The molecule has 2 aromatic carbocycles. The van der Waals surface area contributed by atoms with Gasteiger partial charge in [-0.05, 0) is 18.6 Å². The molecular weight excluding hydrogens is 374 g/mol. The van der Waals surface area contributed by atoms with Crippen LogP contribution in [0.15, 0.2) is 41.6 Å². The molecule has 0 atom stereocenters. The van der Waals surface area contributed by atoms with Crippen LogP contribution in [0.3, 0.4) is 0 Å². The molecule has 0 radical (unpaired) electrons. The van der Waals surface area contributed by atoms with Gasteiger partial charge in [0.25, 0.3) is 11.4 Å². The number of carbonyl (C=O) groups is 1. The Balaban J connectivity index is 1.67. The topological polar surface area (TPSA) is 144 Å². The van der Waals surface area contributed by atoms with Gasteiger partial charge in [-0.25, -0.2) is 4.98 Å². The predicted octanol–water partition coefficient (Wildman–Crippen LogP) is 3.42. The van der Waals surface area contributed by atoms with E-state index < -0.39 is 9.85 Å². The van der Waals surface area contributed by atoms with Crippen molar-refractivity contribution in [2.45, 2.75) is 12.1 Å². The van der Waals surface area contributed by atoms with Crippen LogP contribution >= 0.6 is 11.8 Å². The van der Waals surface area contributed by atoms with Gasteiger partial charge in [-0.1, -0.05) is 17.8 Å². The quantitative estimate of drug-likeness (QED) is 0.374. The van der Waals surface area contributed by atoms with Crippen LogP contribution in [-0.4, -0.2) is 31.5 Å². The second-order valence-electron chi connectivity index (χ2n) is 5.59. The number of hydrogen-bond donors (Lipinski definition) is 2. The van der Waals surface area contributed by atoms with Gasteiger partial charge in [0.15, 0.2) is 5.16 Å². The first kappa shape index (κ1) is 18.3. The molecule has 138 valence electrons.